The van der Waals surface area contributed by atoms with Crippen LogP contribution in [0.3, 0.4) is 0 Å². The van der Waals surface area contributed by atoms with Crippen LogP contribution in [-0.2, 0) is 9.53 Å². The third-order valence-electron chi connectivity index (χ3n) is 4.02. The second-order valence-electron chi connectivity index (χ2n) is 6.15. The molecule has 3 aromatic rings. The van der Waals surface area contributed by atoms with Gasteiger partial charge in [-0.1, -0.05) is 12.1 Å². The smallest absolute Gasteiger partial charge is 0.349 e. The number of para-hydroxylation sites is 1. The molecule has 0 bridgehead atoms. The normalized spacial score (nSPS) is 11.8. The second-order valence-corrected chi connectivity index (χ2v) is 7.06. The summed E-state index contributed by atoms with van der Waals surface area (Å²) in [6.45, 7) is 4.15. The number of ketones is 2. The Labute approximate surface area is 164 Å². The topological polar surface area (TPSA) is 103 Å². The highest BCUT2D eigenvalue weighted by Crippen LogP contribution is 2.31. The number of thiophene rings is 1. The Hall–Kier alpha value is -3.26. The van der Waals surface area contributed by atoms with Gasteiger partial charge in [-0.2, -0.15) is 0 Å². The molecule has 0 spiro atoms. The quantitative estimate of drug-likeness (QED) is 0.495. The van der Waals surface area contributed by atoms with Crippen LogP contribution >= 0.6 is 11.3 Å². The van der Waals surface area contributed by atoms with Crippen LogP contribution in [-0.4, -0.2) is 29.5 Å². The van der Waals surface area contributed by atoms with Crippen molar-refractivity contribution in [2.75, 3.05) is 5.32 Å². The Bertz CT molecular complexity index is 1090. The van der Waals surface area contributed by atoms with Crippen molar-refractivity contribution in [1.82, 2.24) is 0 Å². The summed E-state index contributed by atoms with van der Waals surface area (Å²) in [5.41, 5.74) is 1.11. The molecule has 0 saturated heterocycles. The van der Waals surface area contributed by atoms with Gasteiger partial charge in [0.1, 0.15) is 10.5 Å². The van der Waals surface area contributed by atoms with Gasteiger partial charge in [0.05, 0.1) is 5.69 Å². The van der Waals surface area contributed by atoms with E-state index in [0.29, 0.717) is 16.5 Å². The summed E-state index contributed by atoms with van der Waals surface area (Å²) in [5, 5.41) is 4.74. The zero-order chi connectivity index (χ0) is 20.4. The monoisotopic (exact) mass is 399 g/mol. The molecule has 1 atom stereocenters. The molecular formula is C20H17NO6S. The number of carbonyl (C=O) groups excluding carboxylic acids is 4. The number of hydrogen-bond acceptors (Lipinski definition) is 7. The Morgan fingerprint density at radius 2 is 1.82 bits per heavy atom. The maximum absolute atomic E-state index is 12.5. The maximum atomic E-state index is 12.5. The largest absolute Gasteiger partial charge is 0.451 e. The number of hydrogen-bond donors (Lipinski definition) is 1. The van der Waals surface area contributed by atoms with Gasteiger partial charge in [-0.15, -0.1) is 11.3 Å². The fraction of sp³-hybridized carbons (Fsp3) is 0.200. The molecule has 2 heterocycles. The van der Waals surface area contributed by atoms with Gasteiger partial charge >= 0.3 is 5.97 Å². The van der Waals surface area contributed by atoms with Gasteiger partial charge in [-0.3, -0.25) is 14.4 Å². The van der Waals surface area contributed by atoms with Crippen LogP contribution in [0.2, 0.25) is 0 Å². The SMILES string of the molecule is CC(=O)c1csc(C(=O)OC(C)C(=O)Nc2c(C(C)=O)oc3ccccc23)c1. The average Bonchev–Trinajstić information content (AvgIpc) is 3.27. The minimum Gasteiger partial charge on any atom is -0.451 e. The molecule has 28 heavy (non-hydrogen) atoms. The van der Waals surface area contributed by atoms with E-state index in [-0.39, 0.29) is 27.9 Å². The minimum absolute atomic E-state index is 0.0254. The number of carbonyl (C=O) groups is 4. The highest BCUT2D eigenvalue weighted by molar-refractivity contribution is 7.12. The van der Waals surface area contributed by atoms with E-state index in [0.717, 1.165) is 11.3 Å². The lowest BCUT2D eigenvalue weighted by Crippen LogP contribution is -2.30. The van der Waals surface area contributed by atoms with Crippen LogP contribution in [0, 0.1) is 0 Å². The molecule has 1 aromatic carbocycles. The summed E-state index contributed by atoms with van der Waals surface area (Å²) in [6.07, 6.45) is -1.12. The molecule has 2 aromatic heterocycles. The lowest BCUT2D eigenvalue weighted by molar-refractivity contribution is -0.123. The molecular weight excluding hydrogens is 382 g/mol. The molecule has 0 radical (unpaired) electrons. The molecule has 0 aliphatic rings. The fourth-order valence-corrected chi connectivity index (χ4v) is 3.37. The standard InChI is InChI=1S/C20H17NO6S/c1-10(22)13-8-16(28-9-13)20(25)26-12(3)19(24)21-17-14-6-4-5-7-15(14)27-18(17)11(2)23/h4-9,12H,1-3H3,(H,21,24). The minimum atomic E-state index is -1.12. The van der Waals surface area contributed by atoms with E-state index >= 15 is 0 Å². The maximum Gasteiger partial charge on any atom is 0.349 e. The number of Topliss-reactive ketones (excluding diaryl/α,β-unsaturated/α-hetero) is 2. The Kier molecular flexibility index (Phi) is 5.41. The summed E-state index contributed by atoms with van der Waals surface area (Å²) in [7, 11) is 0. The van der Waals surface area contributed by atoms with E-state index in [2.05, 4.69) is 5.32 Å². The molecule has 1 amide bonds. The van der Waals surface area contributed by atoms with Gasteiger partial charge in [0, 0.05) is 23.3 Å². The number of ether oxygens (including phenoxy) is 1. The molecule has 0 aliphatic carbocycles. The van der Waals surface area contributed by atoms with E-state index in [1.165, 1.54) is 26.8 Å². The van der Waals surface area contributed by atoms with Gasteiger partial charge in [0.25, 0.3) is 5.91 Å². The third-order valence-corrected chi connectivity index (χ3v) is 4.93. The van der Waals surface area contributed by atoms with Gasteiger partial charge in [0.2, 0.25) is 0 Å². The van der Waals surface area contributed by atoms with E-state index in [1.54, 1.807) is 29.6 Å². The van der Waals surface area contributed by atoms with Crippen LogP contribution in [0.25, 0.3) is 11.0 Å². The summed E-state index contributed by atoms with van der Waals surface area (Å²) in [4.78, 5) is 48.1. The predicted octanol–water partition coefficient (Wildman–Crippen LogP) is 4.08. The van der Waals surface area contributed by atoms with Crippen molar-refractivity contribution in [3.8, 4) is 0 Å². The van der Waals surface area contributed by atoms with Crippen LogP contribution in [0.4, 0.5) is 5.69 Å². The number of furan rings is 1. The van der Waals surface area contributed by atoms with E-state index < -0.39 is 18.0 Å². The summed E-state index contributed by atoms with van der Waals surface area (Å²) in [6, 6.07) is 8.33. The van der Waals surface area contributed by atoms with E-state index in [1.807, 2.05) is 0 Å². The first-order valence-electron chi connectivity index (χ1n) is 8.41. The fourth-order valence-electron chi connectivity index (χ4n) is 2.54. The predicted molar refractivity (Wildman–Crippen MR) is 104 cm³/mol. The van der Waals surface area contributed by atoms with Gasteiger partial charge in [0.15, 0.2) is 23.4 Å². The lowest BCUT2D eigenvalue weighted by atomic mass is 10.2. The van der Waals surface area contributed by atoms with Crippen LogP contribution in [0.15, 0.2) is 40.1 Å². The van der Waals surface area contributed by atoms with Crippen LogP contribution in [0.1, 0.15) is 51.4 Å². The third kappa shape index (κ3) is 3.86. The van der Waals surface area contributed by atoms with Crippen molar-refractivity contribution < 1.29 is 28.3 Å². The summed E-state index contributed by atoms with van der Waals surface area (Å²) in [5.74, 6) is -1.79. The molecule has 1 N–H and O–H groups in total. The first-order chi connectivity index (χ1) is 13.3. The lowest BCUT2D eigenvalue weighted by Gasteiger charge is -2.13. The molecule has 7 nitrogen and oxygen atoms in total. The number of amides is 1. The number of rotatable bonds is 6. The van der Waals surface area contributed by atoms with Crippen molar-refractivity contribution >= 4 is 51.4 Å². The van der Waals surface area contributed by atoms with Gasteiger partial charge in [-0.25, -0.2) is 4.79 Å². The highest BCUT2D eigenvalue weighted by atomic mass is 32.1. The molecule has 144 valence electrons. The van der Waals surface area contributed by atoms with Crippen molar-refractivity contribution in [3.05, 3.63) is 51.9 Å². The van der Waals surface area contributed by atoms with Crippen molar-refractivity contribution in [3.63, 3.8) is 0 Å². The molecule has 0 saturated carbocycles. The van der Waals surface area contributed by atoms with Crippen LogP contribution < -0.4 is 5.32 Å². The van der Waals surface area contributed by atoms with Gasteiger partial charge < -0.3 is 14.5 Å². The summed E-state index contributed by atoms with van der Waals surface area (Å²) < 4.78 is 10.7. The zero-order valence-corrected chi connectivity index (χ0v) is 16.2. The molecule has 8 heteroatoms. The average molecular weight is 399 g/mol. The van der Waals surface area contributed by atoms with E-state index in [4.69, 9.17) is 9.15 Å². The molecule has 0 fully saturated rings. The first kappa shape index (κ1) is 19.5. The second kappa shape index (κ2) is 7.77. The number of esters is 1. The Balaban J connectivity index is 1.76. The molecule has 3 rings (SSSR count). The Morgan fingerprint density at radius 3 is 2.46 bits per heavy atom. The molecule has 1 unspecified atom stereocenters. The van der Waals surface area contributed by atoms with Crippen molar-refractivity contribution in [2.45, 2.75) is 26.9 Å². The van der Waals surface area contributed by atoms with Gasteiger partial charge in [-0.05, 0) is 32.0 Å². The highest BCUT2D eigenvalue weighted by Gasteiger charge is 2.25. The Morgan fingerprint density at radius 1 is 1.11 bits per heavy atom. The molecule has 0 aliphatic heterocycles. The van der Waals surface area contributed by atoms with E-state index in [9.17, 15) is 19.2 Å². The summed E-state index contributed by atoms with van der Waals surface area (Å²) >= 11 is 1.07. The van der Waals surface area contributed by atoms with Crippen molar-refractivity contribution in [1.29, 1.82) is 0 Å². The number of benzene rings is 1. The van der Waals surface area contributed by atoms with Crippen LogP contribution in [0.5, 0.6) is 0 Å². The number of fused-ring (bicyclic) bond motifs is 1. The number of nitrogens with one attached hydrogen (secondary N) is 1. The number of anilines is 1. The zero-order valence-electron chi connectivity index (χ0n) is 15.4. The van der Waals surface area contributed by atoms with Crippen molar-refractivity contribution in [2.24, 2.45) is 0 Å². The first-order valence-corrected chi connectivity index (χ1v) is 9.29.